The Labute approximate surface area is 392 Å². The SMILES string of the molecule is CCCCC/C=C\C/C=C\C/C=C\C=C\C(=O)CCCC(=O)OC[C@H](COP(=O)(O)O[C@H]1C(O)C(O)C(O)[C@@H](OP(=O)(O)O)C1O)OC(=O)CCCCCCCCC/C=C\CCCCCC. The topological polar surface area (TPSA) is 273 Å². The third-order valence-electron chi connectivity index (χ3n) is 10.5. The van der Waals surface area contributed by atoms with Crippen LogP contribution in [0.15, 0.2) is 60.8 Å². The number of esters is 2. The highest BCUT2D eigenvalue weighted by Gasteiger charge is 2.54. The molecule has 0 aliphatic heterocycles. The van der Waals surface area contributed by atoms with Crippen LogP contribution in [0.4, 0.5) is 0 Å². The van der Waals surface area contributed by atoms with E-state index in [4.69, 9.17) is 28.3 Å². The van der Waals surface area contributed by atoms with Crippen molar-refractivity contribution in [1.29, 1.82) is 0 Å². The molecule has 66 heavy (non-hydrogen) atoms. The van der Waals surface area contributed by atoms with Crippen LogP contribution in [0.2, 0.25) is 0 Å². The first kappa shape index (κ1) is 61.4. The zero-order chi connectivity index (χ0) is 49.1. The first-order chi connectivity index (χ1) is 31.5. The molecule has 0 radical (unpaired) electrons. The molecule has 0 heterocycles. The molecule has 5 unspecified atom stereocenters. The Morgan fingerprint density at radius 2 is 1.03 bits per heavy atom. The van der Waals surface area contributed by atoms with E-state index in [2.05, 4.69) is 48.8 Å². The fourth-order valence-electron chi connectivity index (χ4n) is 6.80. The van der Waals surface area contributed by atoms with Gasteiger partial charge in [-0.25, -0.2) is 9.13 Å². The van der Waals surface area contributed by atoms with Crippen molar-refractivity contribution in [3.63, 3.8) is 0 Å². The molecule has 19 heteroatoms. The molecule has 0 bridgehead atoms. The third-order valence-corrected chi connectivity index (χ3v) is 12.0. The molecule has 1 aliphatic rings. The summed E-state index contributed by atoms with van der Waals surface area (Å²) >= 11 is 0. The molecule has 380 valence electrons. The summed E-state index contributed by atoms with van der Waals surface area (Å²) in [4.78, 5) is 66.5. The summed E-state index contributed by atoms with van der Waals surface area (Å²) in [6.45, 7) is 2.85. The van der Waals surface area contributed by atoms with E-state index in [1.54, 1.807) is 12.2 Å². The summed E-state index contributed by atoms with van der Waals surface area (Å²) in [6, 6.07) is 0. The Morgan fingerprint density at radius 1 is 0.530 bits per heavy atom. The number of carbonyl (C=O) groups is 3. The average molecular weight is 979 g/mol. The van der Waals surface area contributed by atoms with Gasteiger partial charge >= 0.3 is 27.6 Å². The second-order valence-electron chi connectivity index (χ2n) is 16.5. The number of rotatable bonds is 39. The Balaban J connectivity index is 2.68. The molecular weight excluding hydrogens is 898 g/mol. The quantitative estimate of drug-likeness (QED) is 0.00763. The number of unbranched alkanes of at least 4 members (excludes halogenated alkanes) is 14. The largest absolute Gasteiger partial charge is 0.472 e. The molecular formula is C47H80O17P2. The first-order valence-electron chi connectivity index (χ1n) is 23.8. The highest BCUT2D eigenvalue weighted by atomic mass is 31.2. The van der Waals surface area contributed by atoms with Gasteiger partial charge < -0.3 is 44.6 Å². The molecule has 0 spiro atoms. The van der Waals surface area contributed by atoms with E-state index in [1.165, 1.54) is 51.0 Å². The van der Waals surface area contributed by atoms with Gasteiger partial charge in [0.25, 0.3) is 0 Å². The number of ketones is 1. The van der Waals surface area contributed by atoms with Gasteiger partial charge in [-0.3, -0.25) is 28.0 Å². The Kier molecular flexibility index (Phi) is 34.7. The van der Waals surface area contributed by atoms with Crippen LogP contribution in [0.5, 0.6) is 0 Å². The number of hydrogen-bond donors (Lipinski definition) is 7. The number of phosphoric ester groups is 2. The molecule has 1 saturated carbocycles. The Morgan fingerprint density at radius 3 is 1.65 bits per heavy atom. The van der Waals surface area contributed by atoms with Crippen LogP contribution in [-0.2, 0) is 46.6 Å². The normalized spacial score (nSPS) is 22.0. The van der Waals surface area contributed by atoms with Crippen molar-refractivity contribution < 1.29 is 81.7 Å². The summed E-state index contributed by atoms with van der Waals surface area (Å²) in [5, 5.41) is 41.2. The van der Waals surface area contributed by atoms with Gasteiger partial charge in [0.05, 0.1) is 6.61 Å². The summed E-state index contributed by atoms with van der Waals surface area (Å²) in [5.41, 5.74) is 0. The predicted octanol–water partition coefficient (Wildman–Crippen LogP) is 8.24. The summed E-state index contributed by atoms with van der Waals surface area (Å²) in [5.74, 6) is -1.68. The minimum Gasteiger partial charge on any atom is -0.462 e. The number of allylic oxidation sites excluding steroid dienone is 10. The van der Waals surface area contributed by atoms with E-state index in [-0.39, 0.29) is 31.5 Å². The van der Waals surface area contributed by atoms with Gasteiger partial charge in [-0.1, -0.05) is 133 Å². The van der Waals surface area contributed by atoms with Crippen LogP contribution in [0.3, 0.4) is 0 Å². The minimum absolute atomic E-state index is 0.0131. The summed E-state index contributed by atoms with van der Waals surface area (Å²) in [6.07, 6.45) is 24.6. The van der Waals surface area contributed by atoms with Crippen molar-refractivity contribution in [2.75, 3.05) is 13.2 Å². The standard InChI is InChI=1S/C47H80O17P2/c1-3-5-7-9-11-13-15-17-18-20-22-24-26-28-30-34-41(50)62-39(37-61-66(58,59)64-47-44(53)42(51)43(52)46(45(47)54)63-65(55,56)57)36-60-40(49)35-31-33-38(48)32-29-27-25-23-21-19-16-14-12-10-8-6-4-2/h12-15,19,21,25,27,29,32,39,42-47,51-54H,3-11,16-18,20,22-24,26,28,30-31,33-37H2,1-2H3,(H,58,59)(H2,55,56,57)/b14-12-,15-13-,21-19-,27-25-,32-29+/t39-,42?,43?,44?,45?,46-,47+/m1/s1. The monoisotopic (exact) mass is 978 g/mol. The van der Waals surface area contributed by atoms with Crippen LogP contribution in [-0.4, -0.2) is 109 Å². The average Bonchev–Trinajstić information content (AvgIpc) is 3.26. The highest BCUT2D eigenvalue weighted by molar-refractivity contribution is 7.47. The molecule has 0 aromatic carbocycles. The maximum atomic E-state index is 13.0. The lowest BCUT2D eigenvalue weighted by Gasteiger charge is -2.43. The first-order valence-corrected chi connectivity index (χ1v) is 26.8. The van der Waals surface area contributed by atoms with Crippen LogP contribution in [0, 0.1) is 0 Å². The molecule has 0 saturated heterocycles. The van der Waals surface area contributed by atoms with E-state index in [9.17, 15) is 48.8 Å². The van der Waals surface area contributed by atoms with E-state index >= 15 is 0 Å². The molecule has 0 amide bonds. The zero-order valence-corrected chi connectivity index (χ0v) is 40.9. The number of phosphoric acid groups is 2. The minimum atomic E-state index is -5.39. The highest BCUT2D eigenvalue weighted by Crippen LogP contribution is 2.49. The maximum Gasteiger partial charge on any atom is 0.472 e. The molecule has 1 fully saturated rings. The smallest absolute Gasteiger partial charge is 0.462 e. The van der Waals surface area contributed by atoms with Gasteiger partial charge in [0.15, 0.2) is 11.9 Å². The van der Waals surface area contributed by atoms with Crippen molar-refractivity contribution >= 4 is 33.4 Å². The van der Waals surface area contributed by atoms with Crippen molar-refractivity contribution in [2.24, 2.45) is 0 Å². The molecule has 7 N–H and O–H groups in total. The lowest BCUT2D eigenvalue weighted by Crippen LogP contribution is -2.64. The van der Waals surface area contributed by atoms with E-state index < -0.39 is 83.5 Å². The van der Waals surface area contributed by atoms with Crippen LogP contribution >= 0.6 is 15.6 Å². The number of hydrogen-bond acceptors (Lipinski definition) is 14. The molecule has 1 rings (SSSR count). The Hall–Kier alpha value is -2.63. The second kappa shape index (κ2) is 37.3. The van der Waals surface area contributed by atoms with Gasteiger partial charge in [0, 0.05) is 19.3 Å². The Bertz CT molecular complexity index is 1570. The van der Waals surface area contributed by atoms with Crippen LogP contribution < -0.4 is 0 Å². The number of carbonyl (C=O) groups excluding carboxylic acids is 3. The fraction of sp³-hybridized carbons (Fsp3) is 0.723. The lowest BCUT2D eigenvalue weighted by molar-refractivity contribution is -0.216. The van der Waals surface area contributed by atoms with Crippen molar-refractivity contribution in [3.8, 4) is 0 Å². The van der Waals surface area contributed by atoms with Gasteiger partial charge in [-0.15, -0.1) is 0 Å². The number of ether oxygens (including phenoxy) is 2. The van der Waals surface area contributed by atoms with Crippen LogP contribution in [0.25, 0.3) is 0 Å². The van der Waals surface area contributed by atoms with Gasteiger partial charge in [-0.2, -0.15) is 0 Å². The predicted molar refractivity (Wildman–Crippen MR) is 251 cm³/mol. The van der Waals surface area contributed by atoms with Gasteiger partial charge in [-0.05, 0) is 70.3 Å². The molecule has 0 aromatic heterocycles. The van der Waals surface area contributed by atoms with Gasteiger partial charge in [0.1, 0.15) is 43.2 Å². The molecule has 1 aliphatic carbocycles. The van der Waals surface area contributed by atoms with Crippen LogP contribution in [0.1, 0.15) is 162 Å². The van der Waals surface area contributed by atoms with Crippen molar-refractivity contribution in [1.82, 2.24) is 0 Å². The third kappa shape index (κ3) is 31.4. The number of aliphatic hydroxyl groups excluding tert-OH is 4. The fourth-order valence-corrected chi connectivity index (χ4v) is 8.34. The molecule has 0 aromatic rings. The number of aliphatic hydroxyl groups is 4. The maximum absolute atomic E-state index is 13.0. The van der Waals surface area contributed by atoms with E-state index in [0.717, 1.165) is 70.6 Å². The summed E-state index contributed by atoms with van der Waals surface area (Å²) in [7, 11) is -10.8. The molecule has 8 atom stereocenters. The second-order valence-corrected chi connectivity index (χ2v) is 19.1. The summed E-state index contributed by atoms with van der Waals surface area (Å²) < 4.78 is 49.1. The van der Waals surface area contributed by atoms with Crippen molar-refractivity contribution in [2.45, 2.75) is 204 Å². The lowest BCUT2D eigenvalue weighted by atomic mass is 9.85. The van der Waals surface area contributed by atoms with Crippen molar-refractivity contribution in [3.05, 3.63) is 60.8 Å². The van der Waals surface area contributed by atoms with E-state index in [1.807, 2.05) is 12.2 Å². The van der Waals surface area contributed by atoms with E-state index in [0.29, 0.717) is 6.42 Å². The zero-order valence-electron chi connectivity index (χ0n) is 39.1. The molecule has 17 nitrogen and oxygen atoms in total. The van der Waals surface area contributed by atoms with Gasteiger partial charge in [0.2, 0.25) is 0 Å².